The zero-order chi connectivity index (χ0) is 12.7. The van der Waals surface area contributed by atoms with Gasteiger partial charge in [-0.2, -0.15) is 0 Å². The van der Waals surface area contributed by atoms with Crippen molar-refractivity contribution in [3.8, 4) is 11.4 Å². The number of imidazole rings is 1. The maximum absolute atomic E-state index is 13.9. The average Bonchev–Trinajstić information content (AvgIpc) is 2.68. The molecule has 18 heavy (non-hydrogen) atoms. The first kappa shape index (κ1) is 10.7. The summed E-state index contributed by atoms with van der Waals surface area (Å²) in [4.78, 5) is 8.45. The molecule has 4 nitrogen and oxygen atoms in total. The van der Waals surface area contributed by atoms with E-state index >= 15 is 0 Å². The molecule has 5 heteroatoms. The molecule has 0 saturated heterocycles. The van der Waals surface area contributed by atoms with Gasteiger partial charge in [-0.15, -0.1) is 0 Å². The van der Waals surface area contributed by atoms with Gasteiger partial charge in [-0.1, -0.05) is 6.07 Å². The van der Waals surface area contributed by atoms with Crippen molar-refractivity contribution in [1.82, 2.24) is 14.5 Å². The number of nitrogens with two attached hydrogens (primary N) is 1. The SMILES string of the molecule is Cn1c(-c2c(N)cccc2F)nc2ccncc21. The summed E-state index contributed by atoms with van der Waals surface area (Å²) in [6.07, 6.45) is 3.35. The number of fused-ring (bicyclic) bond motifs is 1. The van der Waals surface area contributed by atoms with Crippen LogP contribution in [-0.4, -0.2) is 14.5 Å². The third-order valence-corrected chi connectivity index (χ3v) is 2.95. The van der Waals surface area contributed by atoms with E-state index in [2.05, 4.69) is 9.97 Å². The summed E-state index contributed by atoms with van der Waals surface area (Å²) in [7, 11) is 1.82. The van der Waals surface area contributed by atoms with E-state index in [1.807, 2.05) is 7.05 Å². The van der Waals surface area contributed by atoms with E-state index in [4.69, 9.17) is 5.73 Å². The van der Waals surface area contributed by atoms with E-state index in [1.54, 1.807) is 35.2 Å². The summed E-state index contributed by atoms with van der Waals surface area (Å²) >= 11 is 0. The predicted octanol–water partition coefficient (Wildman–Crippen LogP) is 2.36. The maximum atomic E-state index is 13.9. The number of hydrogen-bond acceptors (Lipinski definition) is 3. The summed E-state index contributed by atoms with van der Waals surface area (Å²) in [6.45, 7) is 0. The number of pyridine rings is 1. The fourth-order valence-corrected chi connectivity index (χ4v) is 2.04. The van der Waals surface area contributed by atoms with E-state index in [9.17, 15) is 4.39 Å². The first-order valence-electron chi connectivity index (χ1n) is 5.49. The maximum Gasteiger partial charge on any atom is 0.145 e. The van der Waals surface area contributed by atoms with Gasteiger partial charge in [0.25, 0.3) is 0 Å². The first-order valence-corrected chi connectivity index (χ1v) is 5.49. The van der Waals surface area contributed by atoms with Gasteiger partial charge < -0.3 is 10.3 Å². The number of aryl methyl sites for hydroxylation is 1. The fraction of sp³-hybridized carbons (Fsp3) is 0.0769. The van der Waals surface area contributed by atoms with Crippen LogP contribution < -0.4 is 5.73 Å². The highest BCUT2D eigenvalue weighted by Crippen LogP contribution is 2.29. The fourth-order valence-electron chi connectivity index (χ4n) is 2.04. The molecule has 3 aromatic rings. The Labute approximate surface area is 103 Å². The Morgan fingerprint density at radius 2 is 2.11 bits per heavy atom. The smallest absolute Gasteiger partial charge is 0.145 e. The van der Waals surface area contributed by atoms with Gasteiger partial charge in [-0.05, 0) is 18.2 Å². The Balaban J connectivity index is 2.36. The Hall–Kier alpha value is -2.43. The molecular formula is C13H11FN4. The number of benzene rings is 1. The Morgan fingerprint density at radius 3 is 2.83 bits per heavy atom. The summed E-state index contributed by atoms with van der Waals surface area (Å²) in [5, 5.41) is 0. The predicted molar refractivity (Wildman–Crippen MR) is 68.3 cm³/mol. The van der Waals surface area contributed by atoms with Crippen molar-refractivity contribution in [3.05, 3.63) is 42.5 Å². The highest BCUT2D eigenvalue weighted by atomic mass is 19.1. The monoisotopic (exact) mass is 242 g/mol. The number of aromatic nitrogens is 3. The molecule has 2 aromatic heterocycles. The van der Waals surface area contributed by atoms with Crippen molar-refractivity contribution < 1.29 is 4.39 Å². The topological polar surface area (TPSA) is 56.7 Å². The molecule has 1 aromatic carbocycles. The lowest BCUT2D eigenvalue weighted by molar-refractivity contribution is 0.629. The van der Waals surface area contributed by atoms with Gasteiger partial charge in [0.05, 0.1) is 22.8 Å². The molecule has 2 N–H and O–H groups in total. The quantitative estimate of drug-likeness (QED) is 0.666. The van der Waals surface area contributed by atoms with Gasteiger partial charge in [-0.25, -0.2) is 9.37 Å². The molecule has 0 radical (unpaired) electrons. The number of halogens is 1. The number of hydrogen-bond donors (Lipinski definition) is 1. The number of anilines is 1. The van der Waals surface area contributed by atoms with Crippen molar-refractivity contribution in [2.45, 2.75) is 0 Å². The minimum absolute atomic E-state index is 0.330. The van der Waals surface area contributed by atoms with Crippen molar-refractivity contribution in [2.75, 3.05) is 5.73 Å². The zero-order valence-electron chi connectivity index (χ0n) is 9.76. The second-order valence-electron chi connectivity index (χ2n) is 4.06. The van der Waals surface area contributed by atoms with Crippen LogP contribution in [0.2, 0.25) is 0 Å². The van der Waals surface area contributed by atoms with Crippen molar-refractivity contribution in [3.63, 3.8) is 0 Å². The molecule has 0 bridgehead atoms. The van der Waals surface area contributed by atoms with Crippen LogP contribution in [0.1, 0.15) is 0 Å². The largest absolute Gasteiger partial charge is 0.398 e. The third kappa shape index (κ3) is 1.44. The van der Waals surface area contributed by atoms with Gasteiger partial charge in [0, 0.05) is 18.9 Å². The van der Waals surface area contributed by atoms with E-state index < -0.39 is 0 Å². The van der Waals surface area contributed by atoms with E-state index in [-0.39, 0.29) is 5.82 Å². The minimum atomic E-state index is -0.374. The number of rotatable bonds is 1. The van der Waals surface area contributed by atoms with Crippen LogP contribution in [0.25, 0.3) is 22.4 Å². The van der Waals surface area contributed by atoms with Gasteiger partial charge in [0.2, 0.25) is 0 Å². The number of nitrogens with zero attached hydrogens (tertiary/aromatic N) is 3. The molecule has 0 atom stereocenters. The lowest BCUT2D eigenvalue weighted by Gasteiger charge is -2.06. The van der Waals surface area contributed by atoms with Crippen LogP contribution in [-0.2, 0) is 7.05 Å². The lowest BCUT2D eigenvalue weighted by Crippen LogP contribution is -1.99. The molecule has 0 spiro atoms. The molecule has 0 unspecified atom stereocenters. The average molecular weight is 242 g/mol. The number of nitrogen functional groups attached to an aromatic ring is 1. The van der Waals surface area contributed by atoms with Crippen molar-refractivity contribution in [2.24, 2.45) is 7.05 Å². The Bertz CT molecular complexity index is 713. The van der Waals surface area contributed by atoms with Gasteiger partial charge >= 0.3 is 0 Å². The summed E-state index contributed by atoms with van der Waals surface area (Å²) < 4.78 is 15.7. The summed E-state index contributed by atoms with van der Waals surface area (Å²) in [6, 6.07) is 6.41. The van der Waals surface area contributed by atoms with Gasteiger partial charge in [-0.3, -0.25) is 4.98 Å². The van der Waals surface area contributed by atoms with Crippen LogP contribution >= 0.6 is 0 Å². The minimum Gasteiger partial charge on any atom is -0.398 e. The second kappa shape index (κ2) is 3.80. The third-order valence-electron chi connectivity index (χ3n) is 2.95. The van der Waals surface area contributed by atoms with Gasteiger partial charge in [0.15, 0.2) is 0 Å². The van der Waals surface area contributed by atoms with Crippen LogP contribution in [0, 0.1) is 5.82 Å². The Morgan fingerprint density at radius 1 is 1.28 bits per heavy atom. The first-order chi connectivity index (χ1) is 8.68. The molecule has 3 rings (SSSR count). The Kier molecular flexibility index (Phi) is 2.26. The van der Waals surface area contributed by atoms with Crippen LogP contribution in [0.15, 0.2) is 36.7 Å². The molecule has 0 aliphatic heterocycles. The highest BCUT2D eigenvalue weighted by molar-refractivity contribution is 5.83. The molecule has 0 saturated carbocycles. The van der Waals surface area contributed by atoms with Crippen LogP contribution in [0.3, 0.4) is 0 Å². The standard InChI is InChI=1S/C13H11FN4/c1-18-11-7-16-6-5-10(11)17-13(18)12-8(14)3-2-4-9(12)15/h2-7H,15H2,1H3. The summed E-state index contributed by atoms with van der Waals surface area (Å²) in [5.41, 5.74) is 8.15. The van der Waals surface area contributed by atoms with Gasteiger partial charge in [0.1, 0.15) is 11.6 Å². The second-order valence-corrected chi connectivity index (χ2v) is 4.06. The van der Waals surface area contributed by atoms with Crippen molar-refractivity contribution >= 4 is 16.7 Å². The van der Waals surface area contributed by atoms with E-state index in [1.165, 1.54) is 6.07 Å². The zero-order valence-corrected chi connectivity index (χ0v) is 9.76. The van der Waals surface area contributed by atoms with E-state index in [0.29, 0.717) is 17.1 Å². The van der Waals surface area contributed by atoms with Crippen LogP contribution in [0.5, 0.6) is 0 Å². The molecule has 0 aliphatic carbocycles. The molecule has 90 valence electrons. The molecule has 2 heterocycles. The molecule has 0 fully saturated rings. The highest BCUT2D eigenvalue weighted by Gasteiger charge is 2.16. The molecule has 0 amide bonds. The normalized spacial score (nSPS) is 11.0. The summed E-state index contributed by atoms with van der Waals surface area (Å²) in [5.74, 6) is 0.134. The molecule has 0 aliphatic rings. The lowest BCUT2D eigenvalue weighted by atomic mass is 10.1. The van der Waals surface area contributed by atoms with E-state index in [0.717, 1.165) is 11.0 Å². The van der Waals surface area contributed by atoms with Crippen molar-refractivity contribution in [1.29, 1.82) is 0 Å². The van der Waals surface area contributed by atoms with Crippen LogP contribution in [0.4, 0.5) is 10.1 Å². The molecular weight excluding hydrogens is 231 g/mol.